The molecule has 3 aromatic rings. The Balaban J connectivity index is 1.38. The van der Waals surface area contributed by atoms with Gasteiger partial charge in [0.15, 0.2) is 0 Å². The molecule has 0 fully saturated rings. The number of hydrogen-bond acceptors (Lipinski definition) is 3. The van der Waals surface area contributed by atoms with Crippen LogP contribution >= 0.6 is 0 Å². The Kier molecular flexibility index (Phi) is 3.82. The fourth-order valence-corrected chi connectivity index (χ4v) is 2.89. The highest BCUT2D eigenvalue weighted by Gasteiger charge is 2.18. The predicted octanol–water partition coefficient (Wildman–Crippen LogP) is 2.97. The summed E-state index contributed by atoms with van der Waals surface area (Å²) in [4.78, 5) is 0. The molecule has 0 aliphatic carbocycles. The van der Waals surface area contributed by atoms with E-state index in [9.17, 15) is 0 Å². The summed E-state index contributed by atoms with van der Waals surface area (Å²) in [5, 5.41) is 8.00. The van der Waals surface area contributed by atoms with E-state index in [1.54, 1.807) is 0 Å². The Morgan fingerprint density at radius 2 is 1.91 bits per heavy atom. The van der Waals surface area contributed by atoms with Gasteiger partial charge in [-0.1, -0.05) is 36.4 Å². The van der Waals surface area contributed by atoms with Crippen molar-refractivity contribution in [2.24, 2.45) is 0 Å². The molecular weight excluding hydrogens is 286 g/mol. The topological polar surface area (TPSA) is 39.1 Å². The van der Waals surface area contributed by atoms with Crippen molar-refractivity contribution in [2.75, 3.05) is 6.61 Å². The van der Waals surface area contributed by atoms with Gasteiger partial charge in [0.25, 0.3) is 0 Å². The Hall–Kier alpha value is -2.59. The fraction of sp³-hybridized carbons (Fsp3) is 0.211. The van der Waals surface area contributed by atoms with Gasteiger partial charge in [-0.15, -0.1) is 0 Å². The summed E-state index contributed by atoms with van der Waals surface area (Å²) in [5.74, 6) is 1.02. The number of fused-ring (bicyclic) bond motifs is 1. The van der Waals surface area contributed by atoms with Crippen LogP contribution in [0.3, 0.4) is 0 Å². The summed E-state index contributed by atoms with van der Waals surface area (Å²) in [6.45, 7) is 1.51. The van der Waals surface area contributed by atoms with Crippen molar-refractivity contribution >= 4 is 0 Å². The SMILES string of the molecule is c1ccc(-n2cc(CN[C@H]3COc4ccccc4C3)cn2)cc1. The van der Waals surface area contributed by atoms with Gasteiger partial charge in [0.1, 0.15) is 12.4 Å². The highest BCUT2D eigenvalue weighted by Crippen LogP contribution is 2.24. The highest BCUT2D eigenvalue weighted by atomic mass is 16.5. The van der Waals surface area contributed by atoms with Gasteiger partial charge in [0.2, 0.25) is 0 Å². The van der Waals surface area contributed by atoms with Crippen molar-refractivity contribution < 1.29 is 4.74 Å². The maximum atomic E-state index is 5.82. The second-order valence-electron chi connectivity index (χ2n) is 5.83. The molecule has 4 heteroatoms. The average Bonchev–Trinajstić information content (AvgIpc) is 3.10. The van der Waals surface area contributed by atoms with Crippen molar-refractivity contribution in [3.05, 3.63) is 78.1 Å². The molecule has 0 amide bonds. The summed E-state index contributed by atoms with van der Waals surface area (Å²) in [6.07, 6.45) is 4.99. The van der Waals surface area contributed by atoms with Gasteiger partial charge >= 0.3 is 0 Å². The molecule has 0 spiro atoms. The first-order valence-corrected chi connectivity index (χ1v) is 7.91. The van der Waals surface area contributed by atoms with E-state index in [2.05, 4.69) is 40.9 Å². The van der Waals surface area contributed by atoms with Gasteiger partial charge in [-0.2, -0.15) is 5.10 Å². The third kappa shape index (κ3) is 3.12. The third-order valence-electron chi connectivity index (χ3n) is 4.13. The van der Waals surface area contributed by atoms with Gasteiger partial charge in [-0.25, -0.2) is 4.68 Å². The molecule has 0 radical (unpaired) electrons. The Morgan fingerprint density at radius 1 is 1.09 bits per heavy atom. The standard InChI is InChI=1S/C19H19N3O/c1-2-7-18(8-3-1)22-13-15(12-21-22)11-20-17-10-16-6-4-5-9-19(16)23-14-17/h1-9,12-13,17,20H,10-11,14H2/t17-/m1/s1. The molecule has 1 atom stereocenters. The maximum Gasteiger partial charge on any atom is 0.122 e. The predicted molar refractivity (Wildman–Crippen MR) is 89.8 cm³/mol. The smallest absolute Gasteiger partial charge is 0.122 e. The number of nitrogens with one attached hydrogen (secondary N) is 1. The lowest BCUT2D eigenvalue weighted by atomic mass is 10.0. The molecule has 4 nitrogen and oxygen atoms in total. The van der Waals surface area contributed by atoms with E-state index in [0.29, 0.717) is 12.6 Å². The molecule has 2 heterocycles. The molecule has 0 bridgehead atoms. The van der Waals surface area contributed by atoms with E-state index in [1.165, 1.54) is 11.1 Å². The number of benzene rings is 2. The van der Waals surface area contributed by atoms with Crippen LogP contribution in [0.4, 0.5) is 0 Å². The first kappa shape index (κ1) is 14.0. The minimum atomic E-state index is 0.338. The lowest BCUT2D eigenvalue weighted by Crippen LogP contribution is -2.38. The van der Waals surface area contributed by atoms with Crippen LogP contribution in [0.25, 0.3) is 5.69 Å². The fourth-order valence-electron chi connectivity index (χ4n) is 2.89. The van der Waals surface area contributed by atoms with Crippen molar-refractivity contribution in [2.45, 2.75) is 19.0 Å². The van der Waals surface area contributed by atoms with Crippen LogP contribution in [0.5, 0.6) is 5.75 Å². The van der Waals surface area contributed by atoms with Gasteiger partial charge in [-0.05, 0) is 30.2 Å². The number of aromatic nitrogens is 2. The zero-order valence-corrected chi connectivity index (χ0v) is 12.9. The summed E-state index contributed by atoms with van der Waals surface area (Å²) in [6, 6.07) is 18.7. The van der Waals surface area contributed by atoms with E-state index < -0.39 is 0 Å². The van der Waals surface area contributed by atoms with E-state index in [-0.39, 0.29) is 0 Å². The minimum Gasteiger partial charge on any atom is -0.492 e. The molecule has 0 unspecified atom stereocenters. The quantitative estimate of drug-likeness (QED) is 0.805. The first-order valence-electron chi connectivity index (χ1n) is 7.91. The Labute approximate surface area is 135 Å². The summed E-state index contributed by atoms with van der Waals surface area (Å²) < 4.78 is 7.72. The van der Waals surface area contributed by atoms with E-state index >= 15 is 0 Å². The minimum absolute atomic E-state index is 0.338. The van der Waals surface area contributed by atoms with Gasteiger partial charge in [-0.3, -0.25) is 0 Å². The van der Waals surface area contributed by atoms with E-state index in [0.717, 1.165) is 24.4 Å². The average molecular weight is 305 g/mol. The monoisotopic (exact) mass is 305 g/mol. The zero-order valence-electron chi connectivity index (χ0n) is 12.9. The molecule has 1 N–H and O–H groups in total. The summed E-state index contributed by atoms with van der Waals surface area (Å²) in [5.41, 5.74) is 3.53. The number of nitrogens with zero attached hydrogens (tertiary/aromatic N) is 2. The molecule has 0 saturated heterocycles. The number of hydrogen-bond donors (Lipinski definition) is 1. The number of ether oxygens (including phenoxy) is 1. The lowest BCUT2D eigenvalue weighted by molar-refractivity contribution is 0.238. The molecule has 0 saturated carbocycles. The van der Waals surface area contributed by atoms with Crippen LogP contribution in [0.2, 0.25) is 0 Å². The molecule has 1 aromatic heterocycles. The van der Waals surface area contributed by atoms with Crippen molar-refractivity contribution in [3.8, 4) is 11.4 Å². The molecule has 23 heavy (non-hydrogen) atoms. The van der Waals surface area contributed by atoms with Gasteiger partial charge in [0.05, 0.1) is 11.9 Å². The molecule has 1 aliphatic rings. The van der Waals surface area contributed by atoms with E-state index in [1.807, 2.05) is 41.2 Å². The van der Waals surface area contributed by atoms with Crippen LogP contribution < -0.4 is 10.1 Å². The summed E-state index contributed by atoms with van der Waals surface area (Å²) in [7, 11) is 0. The molecule has 116 valence electrons. The second-order valence-corrected chi connectivity index (χ2v) is 5.83. The largest absolute Gasteiger partial charge is 0.492 e. The van der Waals surface area contributed by atoms with Crippen LogP contribution in [-0.2, 0) is 13.0 Å². The highest BCUT2D eigenvalue weighted by molar-refractivity contribution is 5.35. The zero-order chi connectivity index (χ0) is 15.5. The van der Waals surface area contributed by atoms with Crippen molar-refractivity contribution in [3.63, 3.8) is 0 Å². The first-order chi connectivity index (χ1) is 11.4. The molecule has 2 aromatic carbocycles. The lowest BCUT2D eigenvalue weighted by Gasteiger charge is -2.25. The third-order valence-corrected chi connectivity index (χ3v) is 4.13. The molecule has 1 aliphatic heterocycles. The van der Waals surface area contributed by atoms with Crippen LogP contribution in [-0.4, -0.2) is 22.4 Å². The maximum absolute atomic E-state index is 5.82. The Morgan fingerprint density at radius 3 is 2.83 bits per heavy atom. The van der Waals surface area contributed by atoms with Crippen LogP contribution in [0, 0.1) is 0 Å². The molecule has 4 rings (SSSR count). The van der Waals surface area contributed by atoms with Gasteiger partial charge in [0, 0.05) is 24.3 Å². The van der Waals surface area contributed by atoms with Crippen molar-refractivity contribution in [1.29, 1.82) is 0 Å². The Bertz CT molecular complexity index is 782. The molecular formula is C19H19N3O. The normalized spacial score (nSPS) is 16.6. The second kappa shape index (κ2) is 6.26. The van der Waals surface area contributed by atoms with Crippen LogP contribution in [0.15, 0.2) is 67.0 Å². The number of para-hydroxylation sites is 2. The van der Waals surface area contributed by atoms with Crippen molar-refractivity contribution in [1.82, 2.24) is 15.1 Å². The summed E-state index contributed by atoms with van der Waals surface area (Å²) >= 11 is 0. The van der Waals surface area contributed by atoms with Crippen LogP contribution in [0.1, 0.15) is 11.1 Å². The van der Waals surface area contributed by atoms with E-state index in [4.69, 9.17) is 4.74 Å². The van der Waals surface area contributed by atoms with Gasteiger partial charge < -0.3 is 10.1 Å². The number of rotatable bonds is 4.